The number of aliphatic carboxylic acids is 2. The summed E-state index contributed by atoms with van der Waals surface area (Å²) >= 11 is 1.20. The number of nitrogens with zero attached hydrogens (tertiary/aromatic N) is 1. The minimum atomic E-state index is -1.38. The van der Waals surface area contributed by atoms with E-state index in [0.717, 1.165) is 0 Å². The lowest BCUT2D eigenvalue weighted by Crippen LogP contribution is -2.81. The fourth-order valence-corrected chi connectivity index (χ4v) is 5.72. The maximum Gasteiger partial charge on any atom is 0.390 e. The molecule has 4 N–H and O–H groups in total. The van der Waals surface area contributed by atoms with Gasteiger partial charge in [0, 0.05) is 17.7 Å². The molecule has 0 spiro atoms. The Morgan fingerprint density at radius 2 is 1.82 bits per heavy atom. The normalized spacial score (nSPS) is 22.3. The number of rotatable bonds is 13. The molecule has 0 aliphatic carbocycles. The number of carbonyl (C=O) groups is 7. The molecular weight excluding hydrogens is 534 g/mol. The van der Waals surface area contributed by atoms with Crippen LogP contribution in [0.3, 0.4) is 0 Å². The highest BCUT2D eigenvalue weighted by atomic mass is 32.2. The van der Waals surface area contributed by atoms with E-state index in [0.29, 0.717) is 5.56 Å². The monoisotopic (exact) mass is 562 g/mol. The number of ether oxygens (including phenoxy) is 1. The van der Waals surface area contributed by atoms with Gasteiger partial charge in [-0.25, -0.2) is 14.4 Å². The zero-order valence-corrected chi connectivity index (χ0v) is 21.8. The van der Waals surface area contributed by atoms with Gasteiger partial charge in [0.05, 0.1) is 0 Å². The number of β-lactam (4-membered cyclic amide) rings is 1. The Kier molecular flexibility index (Phi) is 9.59. The smallest absolute Gasteiger partial charge is 0.390 e. The molecule has 3 unspecified atom stereocenters. The fraction of sp³-hybridized carbons (Fsp3) is 0.400. The Morgan fingerprint density at radius 1 is 1.13 bits per heavy atom. The summed E-state index contributed by atoms with van der Waals surface area (Å²) in [5, 5.41) is 23.3. The highest BCUT2D eigenvalue weighted by molar-refractivity contribution is 8.00. The highest BCUT2D eigenvalue weighted by Gasteiger charge is 2.70. The van der Waals surface area contributed by atoms with Crippen molar-refractivity contribution in [3.63, 3.8) is 0 Å². The number of carboxylic acid groups (broad SMARTS) is 2. The van der Waals surface area contributed by atoms with Gasteiger partial charge in [-0.15, -0.1) is 0 Å². The summed E-state index contributed by atoms with van der Waals surface area (Å²) in [6.45, 7) is 0.556. The van der Waals surface area contributed by atoms with Gasteiger partial charge in [-0.3, -0.25) is 19.2 Å². The van der Waals surface area contributed by atoms with Crippen molar-refractivity contribution in [2.24, 2.45) is 0 Å². The van der Waals surface area contributed by atoms with Crippen LogP contribution in [0.15, 0.2) is 42.1 Å². The Balaban J connectivity index is 1.59. The van der Waals surface area contributed by atoms with Gasteiger partial charge >= 0.3 is 23.8 Å². The van der Waals surface area contributed by atoms with E-state index in [1.54, 1.807) is 18.2 Å². The molecule has 1 saturated heterocycles. The van der Waals surface area contributed by atoms with Crippen molar-refractivity contribution >= 4 is 53.2 Å². The Morgan fingerprint density at radius 3 is 2.44 bits per heavy atom. The van der Waals surface area contributed by atoms with Crippen LogP contribution in [0, 0.1) is 0 Å². The van der Waals surface area contributed by atoms with Gasteiger partial charge in [-0.2, -0.15) is 4.48 Å². The third-order valence-corrected chi connectivity index (χ3v) is 7.58. The topological polar surface area (TPSA) is 193 Å². The van der Waals surface area contributed by atoms with Crippen molar-refractivity contribution in [2.45, 2.75) is 50.1 Å². The summed E-state index contributed by atoms with van der Waals surface area (Å²) in [6, 6.07) is 5.77. The lowest BCUT2D eigenvalue weighted by atomic mass is 9.99. The van der Waals surface area contributed by atoms with E-state index in [-0.39, 0.29) is 30.7 Å². The quantitative estimate of drug-likeness (QED) is 0.113. The Hall–Kier alpha value is -4.04. The van der Waals surface area contributed by atoms with Crippen molar-refractivity contribution in [1.29, 1.82) is 0 Å². The fourth-order valence-electron chi connectivity index (χ4n) is 4.36. The standard InChI is InChI=1S/C25H27N3O10S/c1-14(29)12-19(31)38-13-28-17(25(36)37)10-11-39-23(28)20(22(28)33)27-18(30)9-5-8-16(24(34)35)26-21(32)15-6-3-2-4-7-15/h2-4,6-7,10,16,20,23H,5,8-9,11-13H2,1H3,(H3-,26,27,30,32,34,35,36,37)/p+1/t16?,20?,23-,28?/m0/s1. The summed E-state index contributed by atoms with van der Waals surface area (Å²) < 4.78 is 4.25. The van der Waals surface area contributed by atoms with Crippen LogP contribution < -0.4 is 10.6 Å². The van der Waals surface area contributed by atoms with Gasteiger partial charge in [0.1, 0.15) is 18.2 Å². The number of carboxylic acids is 2. The predicted molar refractivity (Wildman–Crippen MR) is 135 cm³/mol. The number of ketones is 1. The average Bonchev–Trinajstić information content (AvgIpc) is 2.89. The van der Waals surface area contributed by atoms with Crippen molar-refractivity contribution in [3.05, 3.63) is 47.7 Å². The summed E-state index contributed by atoms with van der Waals surface area (Å²) in [7, 11) is 0. The van der Waals surface area contributed by atoms with Crippen LogP contribution in [-0.2, 0) is 33.5 Å². The van der Waals surface area contributed by atoms with Crippen LogP contribution in [0.2, 0.25) is 0 Å². The van der Waals surface area contributed by atoms with E-state index in [1.165, 1.54) is 36.9 Å². The first-order chi connectivity index (χ1) is 18.5. The maximum absolute atomic E-state index is 13.2. The van der Waals surface area contributed by atoms with E-state index in [1.807, 2.05) is 0 Å². The van der Waals surface area contributed by atoms with Crippen LogP contribution in [0.4, 0.5) is 0 Å². The third-order valence-electron chi connectivity index (χ3n) is 6.25. The van der Waals surface area contributed by atoms with Crippen LogP contribution in [0.5, 0.6) is 0 Å². The minimum Gasteiger partial charge on any atom is -0.480 e. The molecule has 2 aliphatic heterocycles. The zero-order chi connectivity index (χ0) is 28.7. The number of benzene rings is 1. The van der Waals surface area contributed by atoms with Crippen molar-refractivity contribution in [1.82, 2.24) is 10.6 Å². The number of thioether (sulfide) groups is 1. The molecule has 0 aromatic heterocycles. The molecule has 13 nitrogen and oxygen atoms in total. The van der Waals surface area contributed by atoms with Gasteiger partial charge in [0.25, 0.3) is 5.91 Å². The zero-order valence-electron chi connectivity index (χ0n) is 21.0. The van der Waals surface area contributed by atoms with E-state index in [9.17, 15) is 43.8 Å². The second-order valence-corrected chi connectivity index (χ2v) is 10.2. The number of carbonyl (C=O) groups excluding carboxylic acids is 5. The summed E-state index contributed by atoms with van der Waals surface area (Å²) in [5.74, 6) is -5.57. The van der Waals surface area contributed by atoms with Crippen molar-refractivity contribution in [3.8, 4) is 0 Å². The molecular formula is C25H28N3O10S+. The summed E-state index contributed by atoms with van der Waals surface area (Å²) in [4.78, 5) is 84.6. The highest BCUT2D eigenvalue weighted by Crippen LogP contribution is 2.45. The summed E-state index contributed by atoms with van der Waals surface area (Å²) in [6.07, 6.45) is 0.701. The van der Waals surface area contributed by atoms with E-state index in [4.69, 9.17) is 4.74 Å². The first-order valence-electron chi connectivity index (χ1n) is 12.0. The van der Waals surface area contributed by atoms with E-state index in [2.05, 4.69) is 10.6 Å². The van der Waals surface area contributed by atoms with Gasteiger partial charge < -0.3 is 25.6 Å². The van der Waals surface area contributed by atoms with Gasteiger partial charge in [-0.05, 0) is 38.0 Å². The molecule has 208 valence electrons. The van der Waals surface area contributed by atoms with E-state index >= 15 is 0 Å². The van der Waals surface area contributed by atoms with Crippen LogP contribution in [0.25, 0.3) is 0 Å². The van der Waals surface area contributed by atoms with Gasteiger partial charge in [0.2, 0.25) is 24.4 Å². The first-order valence-corrected chi connectivity index (χ1v) is 13.0. The maximum atomic E-state index is 13.2. The number of quaternary nitrogens is 1. The number of Topliss-reactive ketones (excluding diaryl/α,β-unsaturated/α-hetero) is 1. The molecule has 14 heteroatoms. The molecule has 0 bridgehead atoms. The van der Waals surface area contributed by atoms with Crippen molar-refractivity contribution in [2.75, 3.05) is 12.5 Å². The molecule has 2 aliphatic rings. The second-order valence-electron chi connectivity index (χ2n) is 9.02. The Bertz CT molecular complexity index is 1220. The molecule has 3 rings (SSSR count). The second kappa shape index (κ2) is 12.7. The lowest BCUT2D eigenvalue weighted by Gasteiger charge is -2.52. The molecule has 3 amide bonds. The Labute approximate surface area is 227 Å². The van der Waals surface area contributed by atoms with Crippen LogP contribution >= 0.6 is 11.8 Å². The van der Waals surface area contributed by atoms with Gasteiger partial charge in [0.15, 0.2) is 5.37 Å². The number of hydrogen-bond acceptors (Lipinski definition) is 9. The SMILES string of the molecule is CC(=O)CC(=O)OC[N+]12C(=O)C(NC(=O)CCCC(NC(=O)c3ccccc3)C(=O)O)[C@@H]1SCC=C2C(=O)O. The van der Waals surface area contributed by atoms with Crippen LogP contribution in [-0.4, -0.2) is 86.1 Å². The number of amides is 3. The number of esters is 1. The van der Waals surface area contributed by atoms with Gasteiger partial charge in [-0.1, -0.05) is 30.0 Å². The van der Waals surface area contributed by atoms with Crippen molar-refractivity contribution < 1.29 is 53.0 Å². The van der Waals surface area contributed by atoms with E-state index < -0.39 is 76.5 Å². The molecule has 0 saturated carbocycles. The number of hydrogen-bond donors (Lipinski definition) is 4. The molecule has 39 heavy (non-hydrogen) atoms. The largest absolute Gasteiger partial charge is 0.480 e. The average molecular weight is 563 g/mol. The minimum absolute atomic E-state index is 0.0455. The summed E-state index contributed by atoms with van der Waals surface area (Å²) in [5.41, 5.74) is 0.00154. The lowest BCUT2D eigenvalue weighted by molar-refractivity contribution is -0.871. The molecule has 1 fully saturated rings. The molecule has 4 atom stereocenters. The number of fused-ring (bicyclic) bond motifs is 1. The molecule has 0 radical (unpaired) electrons. The molecule has 1 aromatic carbocycles. The molecule has 2 heterocycles. The molecule has 1 aromatic rings. The van der Waals surface area contributed by atoms with Crippen LogP contribution in [0.1, 0.15) is 43.0 Å². The predicted octanol–water partition coefficient (Wildman–Crippen LogP) is 0.403. The third kappa shape index (κ3) is 6.70. The first kappa shape index (κ1) is 29.5. The number of nitrogens with one attached hydrogen (secondary N) is 2.